The van der Waals surface area contributed by atoms with Crippen molar-refractivity contribution in [3.8, 4) is 6.07 Å². The molecule has 3 rings (SSSR count). The van der Waals surface area contributed by atoms with Gasteiger partial charge in [0.15, 0.2) is 11.5 Å². The number of hydrogen-bond acceptors (Lipinski definition) is 5. The number of hydrogen-bond donors (Lipinski definition) is 1. The molecule has 0 spiro atoms. The summed E-state index contributed by atoms with van der Waals surface area (Å²) >= 11 is 0. The van der Waals surface area contributed by atoms with Crippen LogP contribution >= 0.6 is 0 Å². The van der Waals surface area contributed by atoms with Gasteiger partial charge in [-0.2, -0.15) is 5.26 Å². The Bertz CT molecular complexity index is 937. The molecule has 0 radical (unpaired) electrons. The lowest BCUT2D eigenvalue weighted by atomic mass is 10.2. The highest BCUT2D eigenvalue weighted by molar-refractivity contribution is 5.91. The summed E-state index contributed by atoms with van der Waals surface area (Å²) in [6, 6.07) is 13.9. The zero-order chi connectivity index (χ0) is 15.5. The predicted octanol–water partition coefficient (Wildman–Crippen LogP) is 3.32. The molecule has 0 saturated carbocycles. The highest BCUT2D eigenvalue weighted by atomic mass is 16.4. The molecule has 0 aliphatic carbocycles. The number of nitrogens with zero attached hydrogens (tertiary/aromatic N) is 5. The second-order valence-electron chi connectivity index (χ2n) is 4.35. The van der Waals surface area contributed by atoms with Crippen molar-refractivity contribution in [3.63, 3.8) is 0 Å². The summed E-state index contributed by atoms with van der Waals surface area (Å²) in [5.74, 6) is -1.08. The van der Waals surface area contributed by atoms with Gasteiger partial charge in [0, 0.05) is 6.20 Å². The van der Waals surface area contributed by atoms with Crippen molar-refractivity contribution in [1.29, 1.82) is 5.26 Å². The molecule has 3 aromatic rings. The second kappa shape index (κ2) is 5.46. The van der Waals surface area contributed by atoms with Crippen LogP contribution in [0.3, 0.4) is 0 Å². The maximum atomic E-state index is 11.3. The van der Waals surface area contributed by atoms with Crippen molar-refractivity contribution in [2.45, 2.75) is 0 Å². The Balaban J connectivity index is 2.14. The highest BCUT2D eigenvalue weighted by Gasteiger charge is 2.17. The Morgan fingerprint density at radius 3 is 2.73 bits per heavy atom. The lowest BCUT2D eigenvalue weighted by molar-refractivity contribution is 0.0692. The summed E-state index contributed by atoms with van der Waals surface area (Å²) < 4.78 is 1.53. The van der Waals surface area contributed by atoms with Crippen LogP contribution in [0.5, 0.6) is 0 Å². The lowest BCUT2D eigenvalue weighted by Gasteiger charge is -1.97. The number of fused-ring (bicyclic) bond motifs is 1. The maximum absolute atomic E-state index is 11.3. The fourth-order valence-electron chi connectivity index (χ4n) is 1.98. The third-order valence-corrected chi connectivity index (χ3v) is 2.98. The Morgan fingerprint density at radius 1 is 1.18 bits per heavy atom. The zero-order valence-electron chi connectivity index (χ0n) is 11.2. The number of aromatic nitrogens is 2. The number of rotatable bonds is 3. The van der Waals surface area contributed by atoms with Gasteiger partial charge in [0.2, 0.25) is 0 Å². The van der Waals surface area contributed by atoms with E-state index in [4.69, 9.17) is 5.26 Å². The van der Waals surface area contributed by atoms with E-state index in [1.165, 1.54) is 4.40 Å². The molecular formula is C15H9N5O2. The van der Waals surface area contributed by atoms with E-state index in [0.29, 0.717) is 16.9 Å². The van der Waals surface area contributed by atoms with E-state index in [1.54, 1.807) is 48.7 Å². The third-order valence-electron chi connectivity index (χ3n) is 2.98. The topological polar surface area (TPSA) is 103 Å². The van der Waals surface area contributed by atoms with Gasteiger partial charge in [-0.25, -0.2) is 9.78 Å². The molecule has 7 nitrogen and oxygen atoms in total. The van der Waals surface area contributed by atoms with E-state index in [9.17, 15) is 9.90 Å². The van der Waals surface area contributed by atoms with Gasteiger partial charge in [-0.15, -0.1) is 10.2 Å². The number of carboxylic acid groups (broad SMARTS) is 1. The molecule has 2 aromatic heterocycles. The number of carboxylic acids is 1. The first-order valence-electron chi connectivity index (χ1n) is 6.32. The lowest BCUT2D eigenvalue weighted by Crippen LogP contribution is -1.96. The SMILES string of the molecule is N#Cc1ccccc1N=Nc1c(C(=O)O)nc2ccccn12. The molecule has 0 aliphatic heterocycles. The van der Waals surface area contributed by atoms with Crippen LogP contribution in [0.25, 0.3) is 5.65 Å². The molecule has 1 aromatic carbocycles. The van der Waals surface area contributed by atoms with Gasteiger partial charge in [0.25, 0.3) is 0 Å². The summed E-state index contributed by atoms with van der Waals surface area (Å²) in [5.41, 5.74) is 0.996. The molecule has 0 unspecified atom stereocenters. The quantitative estimate of drug-likeness (QED) is 0.747. The normalized spacial score (nSPS) is 10.9. The van der Waals surface area contributed by atoms with E-state index in [0.717, 1.165) is 0 Å². The van der Waals surface area contributed by atoms with E-state index in [1.807, 2.05) is 6.07 Å². The van der Waals surface area contributed by atoms with Gasteiger partial charge in [0.05, 0.1) is 5.56 Å². The number of benzene rings is 1. The third kappa shape index (κ3) is 2.29. The van der Waals surface area contributed by atoms with Gasteiger partial charge in [-0.3, -0.25) is 4.40 Å². The standard InChI is InChI=1S/C15H9N5O2/c16-9-10-5-1-2-6-11(10)18-19-14-13(15(21)22)17-12-7-3-4-8-20(12)14/h1-8H,(H,21,22). The molecule has 0 atom stereocenters. The van der Waals surface area contributed by atoms with Gasteiger partial charge >= 0.3 is 5.97 Å². The average Bonchev–Trinajstić information content (AvgIpc) is 2.92. The number of imidazole rings is 1. The Kier molecular flexibility index (Phi) is 3.34. The zero-order valence-corrected chi connectivity index (χ0v) is 11.2. The van der Waals surface area contributed by atoms with Crippen molar-refractivity contribution in [1.82, 2.24) is 9.38 Å². The van der Waals surface area contributed by atoms with Gasteiger partial charge in [-0.1, -0.05) is 18.2 Å². The minimum Gasteiger partial charge on any atom is -0.476 e. The van der Waals surface area contributed by atoms with Crippen LogP contribution in [0.1, 0.15) is 16.1 Å². The number of azo groups is 1. The first-order chi connectivity index (χ1) is 10.7. The number of nitriles is 1. The molecular weight excluding hydrogens is 282 g/mol. The summed E-state index contributed by atoms with van der Waals surface area (Å²) in [4.78, 5) is 15.3. The van der Waals surface area contributed by atoms with Crippen molar-refractivity contribution in [3.05, 3.63) is 59.9 Å². The van der Waals surface area contributed by atoms with E-state index in [2.05, 4.69) is 15.2 Å². The molecule has 0 amide bonds. The van der Waals surface area contributed by atoms with Crippen molar-refractivity contribution in [2.75, 3.05) is 0 Å². The molecule has 2 heterocycles. The van der Waals surface area contributed by atoms with Crippen LogP contribution in [0, 0.1) is 11.3 Å². The minimum atomic E-state index is -1.19. The van der Waals surface area contributed by atoms with Crippen LogP contribution in [-0.2, 0) is 0 Å². The molecule has 0 aliphatic rings. The van der Waals surface area contributed by atoms with E-state index >= 15 is 0 Å². The average molecular weight is 291 g/mol. The van der Waals surface area contributed by atoms with Crippen LogP contribution < -0.4 is 0 Å². The van der Waals surface area contributed by atoms with Crippen LogP contribution in [0.4, 0.5) is 11.5 Å². The van der Waals surface area contributed by atoms with Gasteiger partial charge < -0.3 is 5.11 Å². The first-order valence-corrected chi connectivity index (χ1v) is 6.32. The summed E-state index contributed by atoms with van der Waals surface area (Å²) in [6.07, 6.45) is 1.65. The molecule has 106 valence electrons. The van der Waals surface area contributed by atoms with Crippen LogP contribution in [-0.4, -0.2) is 20.5 Å². The van der Waals surface area contributed by atoms with Crippen LogP contribution in [0.2, 0.25) is 0 Å². The smallest absolute Gasteiger partial charge is 0.358 e. The van der Waals surface area contributed by atoms with Crippen molar-refractivity contribution in [2.24, 2.45) is 10.2 Å². The first kappa shape index (κ1) is 13.5. The van der Waals surface area contributed by atoms with Gasteiger partial charge in [0.1, 0.15) is 17.4 Å². The van der Waals surface area contributed by atoms with Crippen LogP contribution in [0.15, 0.2) is 58.9 Å². The van der Waals surface area contributed by atoms with E-state index < -0.39 is 5.97 Å². The predicted molar refractivity (Wildman–Crippen MR) is 77.5 cm³/mol. The Morgan fingerprint density at radius 2 is 1.95 bits per heavy atom. The van der Waals surface area contributed by atoms with Gasteiger partial charge in [-0.05, 0) is 24.3 Å². The monoisotopic (exact) mass is 291 g/mol. The number of carbonyl (C=O) groups is 1. The molecule has 0 saturated heterocycles. The Labute approximate surface area is 124 Å². The summed E-state index contributed by atoms with van der Waals surface area (Å²) in [6.45, 7) is 0. The molecule has 0 bridgehead atoms. The summed E-state index contributed by atoms with van der Waals surface area (Å²) in [5, 5.41) is 26.2. The second-order valence-corrected chi connectivity index (χ2v) is 4.35. The molecule has 0 fully saturated rings. The highest BCUT2D eigenvalue weighted by Crippen LogP contribution is 2.25. The molecule has 22 heavy (non-hydrogen) atoms. The van der Waals surface area contributed by atoms with Crippen molar-refractivity contribution >= 4 is 23.1 Å². The largest absolute Gasteiger partial charge is 0.476 e. The molecule has 1 N–H and O–H groups in total. The Hall–Kier alpha value is -3.53. The fourth-order valence-corrected chi connectivity index (χ4v) is 1.98. The molecule has 7 heteroatoms. The minimum absolute atomic E-state index is 0.107. The number of pyridine rings is 1. The fraction of sp³-hybridized carbons (Fsp3) is 0. The number of aromatic carboxylic acids is 1. The summed E-state index contributed by atoms with van der Waals surface area (Å²) in [7, 11) is 0. The maximum Gasteiger partial charge on any atom is 0.358 e. The van der Waals surface area contributed by atoms with E-state index in [-0.39, 0.29) is 11.5 Å². The van der Waals surface area contributed by atoms with Crippen molar-refractivity contribution < 1.29 is 9.90 Å².